The topological polar surface area (TPSA) is 87.6 Å². The summed E-state index contributed by atoms with van der Waals surface area (Å²) in [5.74, 6) is 1.30. The molecule has 154 valence electrons. The number of carbonyl (C=O) groups is 1. The monoisotopic (exact) mass is 517 g/mol. The smallest absolute Gasteiger partial charge is 0.239 e. The minimum Gasteiger partial charge on any atom is -0.497 e. The molecule has 0 atom stereocenters. The van der Waals surface area contributed by atoms with Crippen molar-refractivity contribution >= 4 is 47.2 Å². The maximum Gasteiger partial charge on any atom is 0.239 e. The van der Waals surface area contributed by atoms with Crippen LogP contribution in [0.2, 0.25) is 0 Å². The number of carbonyl (C=O) groups excluding carboxylic acids is 1. The molecule has 2 rings (SSSR count). The molecule has 0 aliphatic heterocycles. The van der Waals surface area contributed by atoms with Crippen LogP contribution in [0.5, 0.6) is 5.75 Å². The summed E-state index contributed by atoms with van der Waals surface area (Å²) in [6.45, 7) is 3.47. The van der Waals surface area contributed by atoms with Crippen molar-refractivity contribution in [3.63, 3.8) is 0 Å². The normalized spacial score (nSPS) is 10.8. The molecule has 0 unspecified atom stereocenters. The van der Waals surface area contributed by atoms with Crippen LogP contribution in [0.3, 0.4) is 0 Å². The molecule has 2 aromatic rings. The van der Waals surface area contributed by atoms with Crippen molar-refractivity contribution in [3.05, 3.63) is 45.9 Å². The lowest BCUT2D eigenvalue weighted by Gasteiger charge is -2.11. The summed E-state index contributed by atoms with van der Waals surface area (Å²) in [4.78, 5) is 21.8. The van der Waals surface area contributed by atoms with Gasteiger partial charge >= 0.3 is 0 Å². The van der Waals surface area contributed by atoms with Gasteiger partial charge in [0, 0.05) is 37.6 Å². The van der Waals surface area contributed by atoms with Crippen molar-refractivity contribution in [2.75, 3.05) is 27.2 Å². The SMILES string of the molecule is CCc1cnc(CCNC(=NC)NCC(=O)NCc2ccc(OC)cc2)s1.I. The zero-order chi connectivity index (χ0) is 19.5. The lowest BCUT2D eigenvalue weighted by Crippen LogP contribution is -2.43. The molecule has 1 aromatic heterocycles. The molecule has 0 fully saturated rings. The number of nitrogens with zero attached hydrogens (tertiary/aromatic N) is 2. The zero-order valence-electron chi connectivity index (χ0n) is 16.4. The van der Waals surface area contributed by atoms with Gasteiger partial charge in [0.2, 0.25) is 5.91 Å². The standard InChI is InChI=1S/C19H27N5O2S.HI/c1-4-16-12-23-18(27-16)9-10-21-19(20-2)24-13-17(25)22-11-14-5-7-15(26-3)8-6-14;/h5-8,12H,4,9-11,13H2,1-3H3,(H,22,25)(H2,20,21,24);1H. The fourth-order valence-corrected chi connectivity index (χ4v) is 3.17. The van der Waals surface area contributed by atoms with Crippen molar-refractivity contribution < 1.29 is 9.53 Å². The van der Waals surface area contributed by atoms with Gasteiger partial charge < -0.3 is 20.7 Å². The minimum atomic E-state index is -0.0960. The minimum absolute atomic E-state index is 0. The van der Waals surface area contributed by atoms with Gasteiger partial charge in [-0.3, -0.25) is 9.79 Å². The van der Waals surface area contributed by atoms with Crippen LogP contribution in [-0.2, 0) is 24.2 Å². The molecule has 0 spiro atoms. The number of hydrogen-bond donors (Lipinski definition) is 3. The molecule has 1 aromatic carbocycles. The Balaban J connectivity index is 0.00000392. The highest BCUT2D eigenvalue weighted by molar-refractivity contribution is 14.0. The number of hydrogen-bond acceptors (Lipinski definition) is 5. The number of halogens is 1. The number of rotatable bonds is 9. The number of methoxy groups -OCH3 is 1. The van der Waals surface area contributed by atoms with E-state index in [1.54, 1.807) is 25.5 Å². The summed E-state index contributed by atoms with van der Waals surface area (Å²) < 4.78 is 5.12. The van der Waals surface area contributed by atoms with Crippen LogP contribution in [0.4, 0.5) is 0 Å². The molecule has 0 aliphatic carbocycles. The Kier molecular flexibility index (Phi) is 11.5. The number of aryl methyl sites for hydroxylation is 1. The van der Waals surface area contributed by atoms with E-state index in [0.717, 1.165) is 29.2 Å². The van der Waals surface area contributed by atoms with Gasteiger partial charge in [0.05, 0.1) is 18.7 Å². The molecule has 3 N–H and O–H groups in total. The van der Waals surface area contributed by atoms with E-state index in [9.17, 15) is 4.79 Å². The number of thiazole rings is 1. The maximum atomic E-state index is 12.0. The summed E-state index contributed by atoms with van der Waals surface area (Å²) in [6, 6.07) is 7.60. The Morgan fingerprint density at radius 3 is 2.57 bits per heavy atom. The number of benzene rings is 1. The summed E-state index contributed by atoms with van der Waals surface area (Å²) in [6.07, 6.45) is 3.77. The summed E-state index contributed by atoms with van der Waals surface area (Å²) in [5, 5.41) is 10.2. The third-order valence-corrected chi connectivity index (χ3v) is 5.07. The highest BCUT2D eigenvalue weighted by Gasteiger charge is 2.05. The van der Waals surface area contributed by atoms with E-state index in [2.05, 4.69) is 32.9 Å². The molecule has 0 saturated carbocycles. The number of amides is 1. The number of guanidine groups is 1. The van der Waals surface area contributed by atoms with Gasteiger partial charge in [-0.05, 0) is 24.1 Å². The average molecular weight is 517 g/mol. The largest absolute Gasteiger partial charge is 0.497 e. The quantitative estimate of drug-likeness (QED) is 0.270. The molecule has 1 amide bonds. The van der Waals surface area contributed by atoms with Gasteiger partial charge in [-0.15, -0.1) is 35.3 Å². The van der Waals surface area contributed by atoms with Crippen LogP contribution in [0, 0.1) is 0 Å². The van der Waals surface area contributed by atoms with Gasteiger partial charge in [0.15, 0.2) is 5.96 Å². The maximum absolute atomic E-state index is 12.0. The molecule has 28 heavy (non-hydrogen) atoms. The Labute approximate surface area is 187 Å². The van der Waals surface area contributed by atoms with E-state index >= 15 is 0 Å². The van der Waals surface area contributed by atoms with Gasteiger partial charge in [-0.1, -0.05) is 19.1 Å². The van der Waals surface area contributed by atoms with E-state index in [1.807, 2.05) is 30.5 Å². The molecule has 9 heteroatoms. The Morgan fingerprint density at radius 1 is 1.21 bits per heavy atom. The number of aliphatic imine (C=N–C) groups is 1. The predicted molar refractivity (Wildman–Crippen MR) is 125 cm³/mol. The summed E-state index contributed by atoms with van der Waals surface area (Å²) in [7, 11) is 3.31. The van der Waals surface area contributed by atoms with Gasteiger partial charge in [-0.25, -0.2) is 4.98 Å². The van der Waals surface area contributed by atoms with E-state index in [1.165, 1.54) is 4.88 Å². The molecular weight excluding hydrogens is 489 g/mol. The van der Waals surface area contributed by atoms with Crippen LogP contribution in [0.1, 0.15) is 22.4 Å². The van der Waals surface area contributed by atoms with Crippen molar-refractivity contribution in [3.8, 4) is 5.75 Å². The molecule has 0 radical (unpaired) electrons. The Hall–Kier alpha value is -1.88. The van der Waals surface area contributed by atoms with E-state index in [0.29, 0.717) is 19.0 Å². The van der Waals surface area contributed by atoms with Gasteiger partial charge in [0.1, 0.15) is 5.75 Å². The Morgan fingerprint density at radius 2 is 1.96 bits per heavy atom. The average Bonchev–Trinajstić information content (AvgIpc) is 3.17. The molecule has 7 nitrogen and oxygen atoms in total. The van der Waals surface area contributed by atoms with E-state index in [4.69, 9.17) is 4.74 Å². The van der Waals surface area contributed by atoms with Crippen molar-refractivity contribution in [2.24, 2.45) is 4.99 Å². The highest BCUT2D eigenvalue weighted by atomic mass is 127. The number of ether oxygens (including phenoxy) is 1. The third kappa shape index (κ3) is 8.42. The van der Waals surface area contributed by atoms with Crippen LogP contribution in [0.15, 0.2) is 35.5 Å². The lowest BCUT2D eigenvalue weighted by molar-refractivity contribution is -0.120. The first kappa shape index (κ1) is 24.2. The molecule has 0 bridgehead atoms. The summed E-state index contributed by atoms with van der Waals surface area (Å²) in [5.41, 5.74) is 1.02. The zero-order valence-corrected chi connectivity index (χ0v) is 19.6. The van der Waals surface area contributed by atoms with E-state index < -0.39 is 0 Å². The second-order valence-corrected chi connectivity index (χ2v) is 7.00. The highest BCUT2D eigenvalue weighted by Crippen LogP contribution is 2.13. The van der Waals surface area contributed by atoms with Crippen molar-refractivity contribution in [1.82, 2.24) is 20.9 Å². The van der Waals surface area contributed by atoms with Gasteiger partial charge in [-0.2, -0.15) is 0 Å². The van der Waals surface area contributed by atoms with Crippen molar-refractivity contribution in [2.45, 2.75) is 26.3 Å². The first-order chi connectivity index (χ1) is 13.1. The molecule has 1 heterocycles. The molecule has 0 saturated heterocycles. The fourth-order valence-electron chi connectivity index (χ4n) is 2.31. The molecular formula is C19H28IN5O2S. The van der Waals surface area contributed by atoms with Gasteiger partial charge in [0.25, 0.3) is 0 Å². The lowest BCUT2D eigenvalue weighted by atomic mass is 10.2. The van der Waals surface area contributed by atoms with E-state index in [-0.39, 0.29) is 36.4 Å². The fraction of sp³-hybridized carbons (Fsp3) is 0.421. The number of nitrogens with one attached hydrogen (secondary N) is 3. The van der Waals surface area contributed by atoms with Crippen LogP contribution < -0.4 is 20.7 Å². The Bertz CT molecular complexity index is 749. The van der Waals surface area contributed by atoms with Crippen LogP contribution in [-0.4, -0.2) is 44.1 Å². The van der Waals surface area contributed by atoms with Crippen LogP contribution in [0.25, 0.3) is 0 Å². The van der Waals surface area contributed by atoms with Crippen molar-refractivity contribution in [1.29, 1.82) is 0 Å². The second kappa shape index (κ2) is 13.3. The summed E-state index contributed by atoms with van der Waals surface area (Å²) >= 11 is 1.73. The molecule has 0 aliphatic rings. The first-order valence-corrected chi connectivity index (χ1v) is 9.74. The number of aromatic nitrogens is 1. The second-order valence-electron chi connectivity index (χ2n) is 5.80. The predicted octanol–water partition coefficient (Wildman–Crippen LogP) is 2.36. The first-order valence-electron chi connectivity index (χ1n) is 8.92. The third-order valence-electron chi connectivity index (χ3n) is 3.87. The van der Waals surface area contributed by atoms with Crippen LogP contribution >= 0.6 is 35.3 Å².